The van der Waals surface area contributed by atoms with Crippen molar-refractivity contribution in [3.05, 3.63) is 0 Å². The molecule has 0 aromatic carbocycles. The van der Waals surface area contributed by atoms with Crippen molar-refractivity contribution >= 4 is 0 Å². The molecule has 1 N–H and O–H groups in total. The summed E-state index contributed by atoms with van der Waals surface area (Å²) in [6, 6.07) is 0.750. The lowest BCUT2D eigenvalue weighted by molar-refractivity contribution is 0.0347. The first-order valence-corrected chi connectivity index (χ1v) is 8.43. The van der Waals surface area contributed by atoms with Crippen LogP contribution in [0.1, 0.15) is 65.7 Å². The van der Waals surface area contributed by atoms with E-state index in [1.165, 1.54) is 51.5 Å². The maximum atomic E-state index is 5.55. The van der Waals surface area contributed by atoms with Crippen LogP contribution in [-0.4, -0.2) is 25.8 Å². The molecule has 0 aromatic rings. The van der Waals surface area contributed by atoms with Crippen LogP contribution in [0.5, 0.6) is 0 Å². The molecule has 19 heavy (non-hydrogen) atoms. The van der Waals surface area contributed by atoms with Gasteiger partial charge in [0.1, 0.15) is 0 Å². The highest BCUT2D eigenvalue weighted by Crippen LogP contribution is 2.41. The van der Waals surface area contributed by atoms with E-state index < -0.39 is 0 Å². The number of hydrogen-bond donors (Lipinski definition) is 1. The summed E-state index contributed by atoms with van der Waals surface area (Å²) < 4.78 is 5.55. The van der Waals surface area contributed by atoms with Gasteiger partial charge in [-0.15, -0.1) is 0 Å². The van der Waals surface area contributed by atoms with E-state index in [0.717, 1.165) is 31.1 Å². The predicted molar refractivity (Wildman–Crippen MR) is 81.4 cm³/mol. The number of rotatable bonds is 5. The highest BCUT2D eigenvalue weighted by atomic mass is 16.5. The molecule has 1 aliphatic heterocycles. The molecule has 1 unspecified atom stereocenters. The molecule has 0 spiro atoms. The first-order chi connectivity index (χ1) is 9.12. The zero-order valence-electron chi connectivity index (χ0n) is 13.2. The van der Waals surface area contributed by atoms with Gasteiger partial charge in [-0.05, 0) is 68.7 Å². The molecule has 1 atom stereocenters. The summed E-state index contributed by atoms with van der Waals surface area (Å²) in [4.78, 5) is 0. The van der Waals surface area contributed by atoms with E-state index in [9.17, 15) is 0 Å². The molecular weight excluding hydrogens is 234 g/mol. The molecule has 1 heterocycles. The summed E-state index contributed by atoms with van der Waals surface area (Å²) in [5, 5.41) is 3.88. The Bertz CT molecular complexity index is 248. The van der Waals surface area contributed by atoms with Crippen LogP contribution in [-0.2, 0) is 4.74 Å². The van der Waals surface area contributed by atoms with Crippen molar-refractivity contribution in [2.24, 2.45) is 17.3 Å². The highest BCUT2D eigenvalue weighted by Gasteiger charge is 2.35. The molecule has 2 aliphatic rings. The Hall–Kier alpha value is -0.0800. The van der Waals surface area contributed by atoms with Crippen LogP contribution in [0, 0.1) is 17.3 Å². The fourth-order valence-corrected chi connectivity index (χ4v) is 3.88. The summed E-state index contributed by atoms with van der Waals surface area (Å²) in [5.74, 6) is 1.76. The molecule has 0 radical (unpaired) electrons. The lowest BCUT2D eigenvalue weighted by atomic mass is 9.68. The first-order valence-electron chi connectivity index (χ1n) is 8.43. The second-order valence-corrected chi connectivity index (χ2v) is 7.43. The van der Waals surface area contributed by atoms with E-state index in [2.05, 4.69) is 26.1 Å². The molecule has 2 nitrogen and oxygen atoms in total. The van der Waals surface area contributed by atoms with Crippen molar-refractivity contribution in [2.75, 3.05) is 19.8 Å². The van der Waals surface area contributed by atoms with Gasteiger partial charge in [0.25, 0.3) is 0 Å². The van der Waals surface area contributed by atoms with Crippen LogP contribution >= 0.6 is 0 Å². The third-order valence-electron chi connectivity index (χ3n) is 5.30. The van der Waals surface area contributed by atoms with Crippen LogP contribution in [0.25, 0.3) is 0 Å². The third kappa shape index (κ3) is 4.46. The summed E-state index contributed by atoms with van der Waals surface area (Å²) in [7, 11) is 0. The molecule has 0 bridgehead atoms. The Morgan fingerprint density at radius 1 is 1.05 bits per heavy atom. The topological polar surface area (TPSA) is 21.3 Å². The maximum Gasteiger partial charge on any atom is 0.0469 e. The molecule has 2 heteroatoms. The van der Waals surface area contributed by atoms with E-state index in [1.807, 2.05) is 0 Å². The minimum Gasteiger partial charge on any atom is -0.381 e. The Kier molecular flexibility index (Phi) is 5.70. The molecular formula is C17H33NO. The highest BCUT2D eigenvalue weighted by molar-refractivity contribution is 4.89. The zero-order chi connectivity index (χ0) is 13.7. The minimum atomic E-state index is 0.585. The fourth-order valence-electron chi connectivity index (χ4n) is 3.88. The minimum absolute atomic E-state index is 0.585. The molecule has 0 amide bonds. The Morgan fingerprint density at radius 2 is 1.63 bits per heavy atom. The van der Waals surface area contributed by atoms with Crippen LogP contribution in [0.3, 0.4) is 0 Å². The standard InChI is InChI=1S/C17H33NO/c1-4-11-18-16(15-7-12-19-13-8-15)14-5-9-17(2,3)10-6-14/h14-16,18H,4-13H2,1-3H3. The van der Waals surface area contributed by atoms with Gasteiger partial charge in [0.15, 0.2) is 0 Å². The third-order valence-corrected chi connectivity index (χ3v) is 5.30. The molecule has 2 fully saturated rings. The van der Waals surface area contributed by atoms with E-state index in [1.54, 1.807) is 0 Å². The Labute approximate surface area is 119 Å². The lowest BCUT2D eigenvalue weighted by Gasteiger charge is -2.42. The van der Waals surface area contributed by atoms with Crippen LogP contribution in [0.15, 0.2) is 0 Å². The van der Waals surface area contributed by atoms with Gasteiger partial charge in [-0.3, -0.25) is 0 Å². The van der Waals surface area contributed by atoms with E-state index >= 15 is 0 Å². The van der Waals surface area contributed by atoms with Gasteiger partial charge >= 0.3 is 0 Å². The Balaban J connectivity index is 1.92. The smallest absolute Gasteiger partial charge is 0.0469 e. The first kappa shape index (κ1) is 15.3. The van der Waals surface area contributed by atoms with Crippen molar-refractivity contribution < 1.29 is 4.74 Å². The number of nitrogens with one attached hydrogen (secondary N) is 1. The van der Waals surface area contributed by atoms with Gasteiger partial charge in [-0.1, -0.05) is 20.8 Å². The molecule has 1 saturated carbocycles. The van der Waals surface area contributed by atoms with Gasteiger partial charge in [0.05, 0.1) is 0 Å². The van der Waals surface area contributed by atoms with Crippen molar-refractivity contribution in [3.63, 3.8) is 0 Å². The lowest BCUT2D eigenvalue weighted by Crippen LogP contribution is -2.46. The molecule has 1 saturated heterocycles. The average molecular weight is 267 g/mol. The monoisotopic (exact) mass is 267 g/mol. The number of ether oxygens (including phenoxy) is 1. The second kappa shape index (κ2) is 7.08. The molecule has 112 valence electrons. The van der Waals surface area contributed by atoms with E-state index in [4.69, 9.17) is 4.74 Å². The van der Waals surface area contributed by atoms with Gasteiger partial charge in [0.2, 0.25) is 0 Å². The number of hydrogen-bond acceptors (Lipinski definition) is 2. The van der Waals surface area contributed by atoms with Gasteiger partial charge < -0.3 is 10.1 Å². The largest absolute Gasteiger partial charge is 0.381 e. The summed E-state index contributed by atoms with van der Waals surface area (Å²) in [6.45, 7) is 10.3. The zero-order valence-corrected chi connectivity index (χ0v) is 13.2. The van der Waals surface area contributed by atoms with Gasteiger partial charge in [0, 0.05) is 19.3 Å². The van der Waals surface area contributed by atoms with Crippen molar-refractivity contribution in [1.29, 1.82) is 0 Å². The van der Waals surface area contributed by atoms with Crippen molar-refractivity contribution in [1.82, 2.24) is 5.32 Å². The van der Waals surface area contributed by atoms with Crippen LogP contribution in [0.4, 0.5) is 0 Å². The van der Waals surface area contributed by atoms with Crippen molar-refractivity contribution in [2.45, 2.75) is 71.8 Å². The molecule has 0 aromatic heterocycles. The summed E-state index contributed by atoms with van der Waals surface area (Å²) in [6.07, 6.45) is 9.44. The average Bonchev–Trinajstić information content (AvgIpc) is 2.42. The normalized spacial score (nSPS) is 27.3. The SMILES string of the molecule is CCCNC(C1CCOCC1)C1CCC(C)(C)CC1. The predicted octanol–water partition coefficient (Wildman–Crippen LogP) is 4.00. The summed E-state index contributed by atoms with van der Waals surface area (Å²) >= 11 is 0. The van der Waals surface area contributed by atoms with Crippen molar-refractivity contribution in [3.8, 4) is 0 Å². The quantitative estimate of drug-likeness (QED) is 0.813. The molecule has 2 rings (SSSR count). The summed E-state index contributed by atoms with van der Waals surface area (Å²) in [5.41, 5.74) is 0.585. The van der Waals surface area contributed by atoms with Crippen LogP contribution in [0.2, 0.25) is 0 Å². The molecule has 1 aliphatic carbocycles. The second-order valence-electron chi connectivity index (χ2n) is 7.43. The van der Waals surface area contributed by atoms with E-state index in [0.29, 0.717) is 5.41 Å². The fraction of sp³-hybridized carbons (Fsp3) is 1.00. The maximum absolute atomic E-state index is 5.55. The van der Waals surface area contributed by atoms with E-state index in [-0.39, 0.29) is 0 Å². The van der Waals surface area contributed by atoms with Gasteiger partial charge in [-0.2, -0.15) is 0 Å². The van der Waals surface area contributed by atoms with Crippen LogP contribution < -0.4 is 5.32 Å². The van der Waals surface area contributed by atoms with Gasteiger partial charge in [-0.25, -0.2) is 0 Å². The Morgan fingerprint density at radius 3 is 2.21 bits per heavy atom.